The second-order valence-corrected chi connectivity index (χ2v) is 6.17. The summed E-state index contributed by atoms with van der Waals surface area (Å²) in [5.41, 5.74) is 0.734. The van der Waals surface area contributed by atoms with Crippen LogP contribution >= 0.6 is 11.6 Å². The summed E-state index contributed by atoms with van der Waals surface area (Å²) >= 11 is 5.84. The predicted molar refractivity (Wildman–Crippen MR) is 84.9 cm³/mol. The van der Waals surface area contributed by atoms with Gasteiger partial charge in [0.05, 0.1) is 12.5 Å². The quantitative estimate of drug-likeness (QED) is 0.707. The largest absolute Gasteiger partial charge is 0.480 e. The molecule has 7 heteroatoms. The minimum absolute atomic E-state index is 0.00574. The van der Waals surface area contributed by atoms with Crippen molar-refractivity contribution in [3.05, 3.63) is 34.9 Å². The van der Waals surface area contributed by atoms with E-state index in [4.69, 9.17) is 16.7 Å². The van der Waals surface area contributed by atoms with E-state index < -0.39 is 24.0 Å². The maximum Gasteiger partial charge on any atom is 0.326 e. The molecule has 1 aliphatic carbocycles. The van der Waals surface area contributed by atoms with E-state index in [0.717, 1.165) is 18.4 Å². The van der Waals surface area contributed by atoms with Gasteiger partial charge in [-0.1, -0.05) is 23.7 Å². The molecule has 1 aromatic rings. The number of rotatable bonds is 7. The third kappa shape index (κ3) is 5.25. The first-order chi connectivity index (χ1) is 10.9. The van der Waals surface area contributed by atoms with Crippen LogP contribution in [0, 0.1) is 5.92 Å². The predicted octanol–water partition coefficient (Wildman–Crippen LogP) is 1.89. The van der Waals surface area contributed by atoms with Gasteiger partial charge in [0.25, 0.3) is 0 Å². The fourth-order valence-corrected chi connectivity index (χ4v) is 2.55. The van der Waals surface area contributed by atoms with Crippen LogP contribution in [0.2, 0.25) is 5.02 Å². The molecule has 2 unspecified atom stereocenters. The lowest BCUT2D eigenvalue weighted by atomic mass is 10.0. The van der Waals surface area contributed by atoms with Gasteiger partial charge in [0.2, 0.25) is 11.8 Å². The molecule has 2 amide bonds. The molecule has 0 aromatic heterocycles. The molecule has 0 bridgehead atoms. The van der Waals surface area contributed by atoms with Gasteiger partial charge >= 0.3 is 5.97 Å². The zero-order chi connectivity index (χ0) is 17.0. The molecule has 1 aromatic carbocycles. The second-order valence-electron chi connectivity index (χ2n) is 5.73. The maximum absolute atomic E-state index is 12.2. The number of aliphatic carboxylic acids is 1. The highest BCUT2D eigenvalue weighted by Gasteiger charge is 2.37. The molecule has 0 saturated heterocycles. The Hall–Kier alpha value is -2.08. The van der Waals surface area contributed by atoms with Crippen molar-refractivity contribution in [1.82, 2.24) is 10.6 Å². The van der Waals surface area contributed by atoms with Crippen LogP contribution in [0.25, 0.3) is 0 Å². The Labute approximate surface area is 139 Å². The SMILES string of the molecule is CC(=O)NC(CC(=O)NC(C(=O)O)C1CC1)c1ccc(Cl)cc1. The van der Waals surface area contributed by atoms with E-state index in [2.05, 4.69) is 10.6 Å². The van der Waals surface area contributed by atoms with Gasteiger partial charge in [-0.3, -0.25) is 9.59 Å². The van der Waals surface area contributed by atoms with E-state index in [1.54, 1.807) is 24.3 Å². The normalized spacial score (nSPS) is 16.3. The molecule has 0 aliphatic heterocycles. The van der Waals surface area contributed by atoms with Crippen molar-refractivity contribution in [1.29, 1.82) is 0 Å². The standard InChI is InChI=1S/C16H19ClN2O4/c1-9(20)18-13(10-4-6-12(17)7-5-10)8-14(21)19-15(16(22)23)11-2-3-11/h4-7,11,13,15H,2-3,8H2,1H3,(H,18,20)(H,19,21)(H,22,23). The van der Waals surface area contributed by atoms with Gasteiger partial charge < -0.3 is 15.7 Å². The Morgan fingerprint density at radius 2 is 1.83 bits per heavy atom. The number of halogens is 1. The van der Waals surface area contributed by atoms with Gasteiger partial charge in [-0.2, -0.15) is 0 Å². The number of carboxylic acid groups (broad SMARTS) is 1. The first kappa shape index (κ1) is 17.3. The fraction of sp³-hybridized carbons (Fsp3) is 0.438. The zero-order valence-electron chi connectivity index (χ0n) is 12.7. The number of carboxylic acids is 1. The molecule has 23 heavy (non-hydrogen) atoms. The average molecular weight is 339 g/mol. The molecule has 0 heterocycles. The molecule has 1 saturated carbocycles. The number of carbonyl (C=O) groups excluding carboxylic acids is 2. The van der Waals surface area contributed by atoms with E-state index in [1.165, 1.54) is 6.92 Å². The van der Waals surface area contributed by atoms with Crippen molar-refractivity contribution in [3.8, 4) is 0 Å². The number of amides is 2. The Morgan fingerprint density at radius 1 is 1.22 bits per heavy atom. The monoisotopic (exact) mass is 338 g/mol. The minimum atomic E-state index is -1.02. The molecule has 1 fully saturated rings. The van der Waals surface area contributed by atoms with Gasteiger partial charge in [0.15, 0.2) is 0 Å². The van der Waals surface area contributed by atoms with Crippen molar-refractivity contribution in [2.24, 2.45) is 5.92 Å². The van der Waals surface area contributed by atoms with Crippen LogP contribution in [0.4, 0.5) is 0 Å². The van der Waals surface area contributed by atoms with Gasteiger partial charge in [0.1, 0.15) is 6.04 Å². The third-order valence-corrected chi connectivity index (χ3v) is 3.97. The van der Waals surface area contributed by atoms with Crippen molar-refractivity contribution in [2.45, 2.75) is 38.3 Å². The van der Waals surface area contributed by atoms with Crippen LogP contribution in [-0.2, 0) is 14.4 Å². The van der Waals surface area contributed by atoms with Crippen LogP contribution in [0.1, 0.15) is 37.8 Å². The molecule has 0 spiro atoms. The van der Waals surface area contributed by atoms with Crippen LogP contribution in [0.15, 0.2) is 24.3 Å². The number of nitrogens with one attached hydrogen (secondary N) is 2. The topological polar surface area (TPSA) is 95.5 Å². The Bertz CT molecular complexity index is 599. The van der Waals surface area contributed by atoms with Crippen LogP contribution in [-0.4, -0.2) is 28.9 Å². The summed E-state index contributed by atoms with van der Waals surface area (Å²) in [6, 6.07) is 5.42. The summed E-state index contributed by atoms with van der Waals surface area (Å²) in [6.07, 6.45) is 1.59. The highest BCUT2D eigenvalue weighted by atomic mass is 35.5. The lowest BCUT2D eigenvalue weighted by Gasteiger charge is -2.20. The lowest BCUT2D eigenvalue weighted by Crippen LogP contribution is -2.43. The first-order valence-electron chi connectivity index (χ1n) is 7.41. The van der Waals surface area contributed by atoms with Crippen LogP contribution in [0.5, 0.6) is 0 Å². The van der Waals surface area contributed by atoms with Crippen molar-refractivity contribution in [3.63, 3.8) is 0 Å². The molecular formula is C16H19ClN2O4. The summed E-state index contributed by atoms with van der Waals surface area (Å²) in [7, 11) is 0. The number of benzene rings is 1. The number of hydrogen-bond acceptors (Lipinski definition) is 3. The molecule has 0 radical (unpaired) electrons. The Morgan fingerprint density at radius 3 is 2.30 bits per heavy atom. The van der Waals surface area contributed by atoms with Crippen molar-refractivity contribution >= 4 is 29.4 Å². The van der Waals surface area contributed by atoms with E-state index >= 15 is 0 Å². The van der Waals surface area contributed by atoms with Crippen LogP contribution in [0.3, 0.4) is 0 Å². The van der Waals surface area contributed by atoms with Gasteiger partial charge in [0, 0.05) is 11.9 Å². The molecule has 2 rings (SSSR count). The van der Waals surface area contributed by atoms with Crippen molar-refractivity contribution < 1.29 is 19.5 Å². The maximum atomic E-state index is 12.2. The molecule has 6 nitrogen and oxygen atoms in total. The zero-order valence-corrected chi connectivity index (χ0v) is 13.5. The number of carbonyl (C=O) groups is 3. The molecular weight excluding hydrogens is 320 g/mol. The van der Waals surface area contributed by atoms with E-state index in [0.29, 0.717) is 5.02 Å². The highest BCUT2D eigenvalue weighted by Crippen LogP contribution is 2.33. The third-order valence-electron chi connectivity index (χ3n) is 3.72. The molecule has 1 aliphatic rings. The smallest absolute Gasteiger partial charge is 0.326 e. The van der Waals surface area contributed by atoms with Gasteiger partial charge in [-0.05, 0) is 36.5 Å². The van der Waals surface area contributed by atoms with Gasteiger partial charge in [-0.15, -0.1) is 0 Å². The van der Waals surface area contributed by atoms with Crippen LogP contribution < -0.4 is 10.6 Å². The Kier molecular flexibility index (Phi) is 5.60. The van der Waals surface area contributed by atoms with E-state index in [9.17, 15) is 14.4 Å². The number of hydrogen-bond donors (Lipinski definition) is 3. The molecule has 124 valence electrons. The summed E-state index contributed by atoms with van der Waals surface area (Å²) in [4.78, 5) is 34.7. The Balaban J connectivity index is 2.04. The second kappa shape index (κ2) is 7.46. The van der Waals surface area contributed by atoms with E-state index in [-0.39, 0.29) is 18.2 Å². The minimum Gasteiger partial charge on any atom is -0.480 e. The average Bonchev–Trinajstić information content (AvgIpc) is 3.28. The van der Waals surface area contributed by atoms with E-state index in [1.807, 2.05) is 0 Å². The van der Waals surface area contributed by atoms with Gasteiger partial charge in [-0.25, -0.2) is 4.79 Å². The fourth-order valence-electron chi connectivity index (χ4n) is 2.42. The summed E-state index contributed by atoms with van der Waals surface area (Å²) in [6.45, 7) is 1.37. The summed E-state index contributed by atoms with van der Waals surface area (Å²) in [5.74, 6) is -1.69. The molecule has 3 N–H and O–H groups in total. The molecule has 2 atom stereocenters. The summed E-state index contributed by atoms with van der Waals surface area (Å²) < 4.78 is 0. The lowest BCUT2D eigenvalue weighted by molar-refractivity contribution is -0.142. The summed E-state index contributed by atoms with van der Waals surface area (Å²) in [5, 5.41) is 15.0. The van der Waals surface area contributed by atoms with Crippen molar-refractivity contribution in [2.75, 3.05) is 0 Å². The first-order valence-corrected chi connectivity index (χ1v) is 7.79. The highest BCUT2D eigenvalue weighted by molar-refractivity contribution is 6.30.